The smallest absolute Gasteiger partial charge is 0.229 e. The van der Waals surface area contributed by atoms with Crippen LogP contribution in [0, 0.1) is 13.8 Å². The molecule has 2 atom stereocenters. The average molecular weight is 440 g/mol. The lowest BCUT2D eigenvalue weighted by molar-refractivity contribution is 0.0471. The molecule has 1 aliphatic heterocycles. The van der Waals surface area contributed by atoms with E-state index in [1.807, 2.05) is 32.0 Å². The number of aromatic nitrogens is 3. The van der Waals surface area contributed by atoms with Crippen LogP contribution in [0.1, 0.15) is 28.0 Å². The van der Waals surface area contributed by atoms with E-state index < -0.39 is 18.1 Å². The number of azo groups is 1. The molecule has 1 N–H and O–H groups in total. The number of carbonyl (C=O) groups is 1. The summed E-state index contributed by atoms with van der Waals surface area (Å²) in [6, 6.07) is 7.85. The number of rotatable bonds is 2. The van der Waals surface area contributed by atoms with Crippen LogP contribution in [-0.2, 0) is 0 Å². The summed E-state index contributed by atoms with van der Waals surface area (Å²) in [7, 11) is 0. The molecule has 0 fully saturated rings. The summed E-state index contributed by atoms with van der Waals surface area (Å²) in [5.74, 6) is 0.0427. The molecule has 0 saturated carbocycles. The fraction of sp³-hybridized carbons (Fsp3) is 0.211. The second-order valence-corrected chi connectivity index (χ2v) is 7.69. The van der Waals surface area contributed by atoms with Crippen molar-refractivity contribution in [3.8, 4) is 0 Å². The van der Waals surface area contributed by atoms with Crippen molar-refractivity contribution in [2.75, 3.05) is 0 Å². The first-order chi connectivity index (χ1) is 13.4. The molecule has 0 bridgehead atoms. The van der Waals surface area contributed by atoms with E-state index in [9.17, 15) is 9.90 Å². The largest absolute Gasteiger partial charge is 0.453 e. The Morgan fingerprint density at radius 1 is 1.25 bits per heavy atom. The Balaban J connectivity index is 1.56. The van der Waals surface area contributed by atoms with Gasteiger partial charge in [0.25, 0.3) is 0 Å². The van der Waals surface area contributed by atoms with Gasteiger partial charge in [0.2, 0.25) is 5.78 Å². The van der Waals surface area contributed by atoms with Gasteiger partial charge < -0.3 is 9.52 Å². The highest BCUT2D eigenvalue weighted by Gasteiger charge is 2.37. The zero-order valence-electron chi connectivity index (χ0n) is 14.9. The van der Waals surface area contributed by atoms with Crippen molar-refractivity contribution in [1.29, 1.82) is 0 Å². The molecule has 9 heteroatoms. The lowest BCUT2D eigenvalue weighted by atomic mass is 10.1. The number of aliphatic hydroxyl groups is 1. The van der Waals surface area contributed by atoms with E-state index in [0.717, 1.165) is 21.1 Å². The molecule has 28 heavy (non-hydrogen) atoms. The van der Waals surface area contributed by atoms with E-state index in [1.165, 1.54) is 4.68 Å². The number of hydrogen-bond acceptors (Lipinski definition) is 7. The summed E-state index contributed by atoms with van der Waals surface area (Å²) < 4.78 is 7.83. The van der Waals surface area contributed by atoms with Crippen LogP contribution in [0.15, 0.2) is 49.5 Å². The molecule has 0 radical (unpaired) electrons. The lowest BCUT2D eigenvalue weighted by Crippen LogP contribution is -2.32. The third-order valence-electron chi connectivity index (χ3n) is 4.77. The number of halogens is 1. The van der Waals surface area contributed by atoms with Crippen LogP contribution in [0.25, 0.3) is 22.0 Å². The molecule has 8 nitrogen and oxygen atoms in total. The van der Waals surface area contributed by atoms with E-state index in [4.69, 9.17) is 4.42 Å². The lowest BCUT2D eigenvalue weighted by Gasteiger charge is -2.21. The first-order valence-electron chi connectivity index (χ1n) is 8.61. The first-order valence-corrected chi connectivity index (χ1v) is 9.40. The van der Waals surface area contributed by atoms with Gasteiger partial charge in [0, 0.05) is 15.6 Å². The Morgan fingerprint density at radius 2 is 2.07 bits per heavy atom. The molecule has 140 valence electrons. The molecular formula is C19H14BrN5O3. The number of ketones is 1. The number of aryl methyl sites for hydroxylation is 2. The summed E-state index contributed by atoms with van der Waals surface area (Å²) in [5, 5.41) is 24.9. The molecule has 4 aromatic rings. The van der Waals surface area contributed by atoms with Gasteiger partial charge in [0.1, 0.15) is 5.58 Å². The number of hydrogen-bond donors (Lipinski definition) is 1. The van der Waals surface area contributed by atoms with Crippen molar-refractivity contribution in [2.45, 2.75) is 26.1 Å². The maximum absolute atomic E-state index is 12.9. The van der Waals surface area contributed by atoms with Crippen molar-refractivity contribution >= 4 is 49.5 Å². The molecule has 2 unspecified atom stereocenters. The highest BCUT2D eigenvalue weighted by Crippen LogP contribution is 2.36. The van der Waals surface area contributed by atoms with E-state index in [0.29, 0.717) is 22.4 Å². The summed E-state index contributed by atoms with van der Waals surface area (Å²) in [5.41, 5.74) is 2.79. The minimum absolute atomic E-state index is 0.112. The minimum atomic E-state index is -1.30. The number of carbonyl (C=O) groups excluding carboxylic acids is 1. The number of Topliss-reactive ketones (excluding diaryl/α,β-unsaturated/α-hetero) is 1. The molecule has 0 spiro atoms. The van der Waals surface area contributed by atoms with Gasteiger partial charge in [-0.2, -0.15) is 5.11 Å². The number of aliphatic hydroxyl groups excluding tert-OH is 1. The Hall–Kier alpha value is -2.91. The molecule has 0 amide bonds. The Bertz CT molecular complexity index is 1310. The number of furan rings is 1. The van der Waals surface area contributed by atoms with E-state index >= 15 is 0 Å². The van der Waals surface area contributed by atoms with Crippen molar-refractivity contribution in [1.82, 2.24) is 14.8 Å². The molecule has 5 rings (SSSR count). The monoisotopic (exact) mass is 439 g/mol. The van der Waals surface area contributed by atoms with Crippen LogP contribution in [0.2, 0.25) is 0 Å². The third-order valence-corrected chi connectivity index (χ3v) is 5.26. The van der Waals surface area contributed by atoms with Gasteiger partial charge in [-0.1, -0.05) is 15.9 Å². The maximum atomic E-state index is 12.9. The number of fused-ring (bicyclic) bond motifs is 4. The Morgan fingerprint density at radius 3 is 2.89 bits per heavy atom. The second kappa shape index (κ2) is 6.05. The van der Waals surface area contributed by atoms with Crippen molar-refractivity contribution in [3.63, 3.8) is 0 Å². The van der Waals surface area contributed by atoms with Crippen LogP contribution in [-0.4, -0.2) is 31.7 Å². The van der Waals surface area contributed by atoms with Gasteiger partial charge in [-0.05, 0) is 49.7 Å². The van der Waals surface area contributed by atoms with Gasteiger partial charge in [0.05, 0.1) is 5.39 Å². The molecule has 3 aromatic heterocycles. The van der Waals surface area contributed by atoms with Crippen molar-refractivity contribution in [2.24, 2.45) is 10.2 Å². The summed E-state index contributed by atoms with van der Waals surface area (Å²) in [6.07, 6.45) is -1.30. The molecule has 1 aliphatic rings. The standard InChI is InChI=1S/C19H14BrN5O3/c1-8-5-9(2)21-17-14(8)18-23-22-15(19(27)25(18)24-17)16(26)13-7-10-6-11(20)3-4-12(10)28-13/h3-7,15,19,27H,1-2H3. The van der Waals surface area contributed by atoms with Crippen LogP contribution in [0.4, 0.5) is 5.82 Å². The van der Waals surface area contributed by atoms with E-state index in [-0.39, 0.29) is 5.76 Å². The third kappa shape index (κ3) is 2.50. The summed E-state index contributed by atoms with van der Waals surface area (Å²) >= 11 is 3.39. The Labute approximate surface area is 167 Å². The fourth-order valence-corrected chi connectivity index (χ4v) is 3.87. The normalized spacial score (nSPS) is 18.7. The van der Waals surface area contributed by atoms with Crippen molar-refractivity contribution < 1.29 is 14.3 Å². The summed E-state index contributed by atoms with van der Waals surface area (Å²) in [6.45, 7) is 3.79. The van der Waals surface area contributed by atoms with Gasteiger partial charge in [-0.3, -0.25) is 4.79 Å². The summed E-state index contributed by atoms with van der Waals surface area (Å²) in [4.78, 5) is 17.3. The molecule has 0 saturated heterocycles. The van der Waals surface area contributed by atoms with E-state index in [1.54, 1.807) is 12.1 Å². The van der Waals surface area contributed by atoms with Gasteiger partial charge in [-0.15, -0.1) is 10.2 Å². The Kier molecular flexibility index (Phi) is 3.72. The van der Waals surface area contributed by atoms with Crippen LogP contribution < -0.4 is 0 Å². The predicted molar refractivity (Wildman–Crippen MR) is 105 cm³/mol. The fourth-order valence-electron chi connectivity index (χ4n) is 3.49. The number of benzene rings is 1. The topological polar surface area (TPSA) is 106 Å². The number of nitrogens with zero attached hydrogens (tertiary/aromatic N) is 5. The van der Waals surface area contributed by atoms with Crippen LogP contribution in [0.5, 0.6) is 0 Å². The molecule has 4 heterocycles. The van der Waals surface area contributed by atoms with Gasteiger partial charge in [0.15, 0.2) is 29.5 Å². The van der Waals surface area contributed by atoms with Crippen LogP contribution in [0.3, 0.4) is 0 Å². The predicted octanol–water partition coefficient (Wildman–Crippen LogP) is 4.40. The van der Waals surface area contributed by atoms with Gasteiger partial charge >= 0.3 is 0 Å². The zero-order chi connectivity index (χ0) is 19.6. The van der Waals surface area contributed by atoms with Crippen LogP contribution >= 0.6 is 15.9 Å². The zero-order valence-corrected chi connectivity index (χ0v) is 16.5. The molecule has 1 aromatic carbocycles. The van der Waals surface area contributed by atoms with Gasteiger partial charge in [-0.25, -0.2) is 9.67 Å². The number of pyridine rings is 1. The molecule has 0 aliphatic carbocycles. The SMILES string of the molecule is Cc1cc(C)c2c3n(nc2n1)C(O)C(C(=O)c1cc2cc(Br)ccc2o1)N=N3. The maximum Gasteiger partial charge on any atom is 0.229 e. The minimum Gasteiger partial charge on any atom is -0.453 e. The molecular weight excluding hydrogens is 426 g/mol. The second-order valence-electron chi connectivity index (χ2n) is 6.78. The quantitative estimate of drug-likeness (QED) is 0.465. The highest BCUT2D eigenvalue weighted by molar-refractivity contribution is 9.10. The average Bonchev–Trinajstić information content (AvgIpc) is 3.22. The van der Waals surface area contributed by atoms with E-state index in [2.05, 4.69) is 36.2 Å². The first kappa shape index (κ1) is 17.2. The van der Waals surface area contributed by atoms with Crippen molar-refractivity contribution in [3.05, 3.63) is 51.8 Å². The highest BCUT2D eigenvalue weighted by atomic mass is 79.9.